The number of aryl methyl sites for hydroxylation is 1. The summed E-state index contributed by atoms with van der Waals surface area (Å²) in [7, 11) is -3.94. The largest absolute Gasteiger partial charge is 0.398 e. The summed E-state index contributed by atoms with van der Waals surface area (Å²) in [5.74, 6) is 0. The molecular weight excluding hydrogens is 326 g/mol. The molecule has 0 aliphatic rings. The van der Waals surface area contributed by atoms with Gasteiger partial charge in [0.2, 0.25) is 0 Å². The van der Waals surface area contributed by atoms with Crippen molar-refractivity contribution in [3.05, 3.63) is 60.8 Å². The van der Waals surface area contributed by atoms with Crippen LogP contribution < -0.4 is 10.5 Å². The number of nitrogen functional groups attached to an aromatic ring is 1. The molecule has 3 aromatic rings. The average Bonchev–Trinajstić information content (AvgIpc) is 2.57. The smallest absolute Gasteiger partial charge is 0.266 e. The fourth-order valence-corrected chi connectivity index (χ4v) is 3.68. The summed E-state index contributed by atoms with van der Waals surface area (Å²) in [4.78, 5) is 11.9. The monoisotopic (exact) mass is 341 g/mol. The van der Waals surface area contributed by atoms with Gasteiger partial charge in [-0.05, 0) is 24.6 Å². The van der Waals surface area contributed by atoms with Gasteiger partial charge in [-0.25, -0.2) is 18.4 Å². The zero-order valence-electron chi connectivity index (χ0n) is 12.8. The van der Waals surface area contributed by atoms with Gasteiger partial charge in [-0.2, -0.15) is 0 Å². The lowest BCUT2D eigenvalue weighted by Gasteiger charge is -2.14. The number of hydrogen-bond acceptors (Lipinski definition) is 6. The minimum Gasteiger partial charge on any atom is -0.398 e. The van der Waals surface area contributed by atoms with Crippen molar-refractivity contribution in [1.82, 2.24) is 15.0 Å². The molecule has 0 saturated carbocycles. The minimum atomic E-state index is -3.94. The predicted molar refractivity (Wildman–Crippen MR) is 91.7 cm³/mol. The number of nitrogens with one attached hydrogen (secondary N) is 1. The Hall–Kier alpha value is -3.00. The van der Waals surface area contributed by atoms with E-state index < -0.39 is 10.0 Å². The summed E-state index contributed by atoms with van der Waals surface area (Å²) in [5.41, 5.74) is 7.99. The first-order chi connectivity index (χ1) is 11.5. The molecule has 0 bridgehead atoms. The highest BCUT2D eigenvalue weighted by molar-refractivity contribution is 7.93. The minimum absolute atomic E-state index is 0.0944. The molecule has 0 fully saturated rings. The third kappa shape index (κ3) is 3.04. The molecule has 0 radical (unpaired) electrons. The molecule has 3 rings (SSSR count). The van der Waals surface area contributed by atoms with E-state index in [0.29, 0.717) is 11.3 Å². The Morgan fingerprint density at radius 3 is 2.50 bits per heavy atom. The Labute approximate surface area is 139 Å². The molecule has 0 saturated heterocycles. The summed E-state index contributed by atoms with van der Waals surface area (Å²) in [6.45, 7) is 1.82. The molecule has 2 aromatic heterocycles. The van der Waals surface area contributed by atoms with Crippen LogP contribution in [0.1, 0.15) is 5.56 Å². The highest BCUT2D eigenvalue weighted by Gasteiger charge is 2.24. The molecule has 0 amide bonds. The van der Waals surface area contributed by atoms with E-state index in [2.05, 4.69) is 19.7 Å². The number of para-hydroxylation sites is 1. The van der Waals surface area contributed by atoms with Crippen LogP contribution in [0.15, 0.2) is 60.1 Å². The van der Waals surface area contributed by atoms with E-state index in [4.69, 9.17) is 5.73 Å². The van der Waals surface area contributed by atoms with Crippen molar-refractivity contribution >= 4 is 21.4 Å². The van der Waals surface area contributed by atoms with Crippen molar-refractivity contribution in [2.24, 2.45) is 0 Å². The molecule has 2 heterocycles. The molecule has 0 aliphatic heterocycles. The number of benzene rings is 1. The lowest BCUT2D eigenvalue weighted by Crippen LogP contribution is -2.17. The van der Waals surface area contributed by atoms with Gasteiger partial charge in [-0.15, -0.1) is 0 Å². The number of nitrogens with two attached hydrogens (primary N) is 1. The van der Waals surface area contributed by atoms with E-state index in [1.807, 2.05) is 19.1 Å². The lowest BCUT2D eigenvalue weighted by molar-refractivity contribution is 0.601. The van der Waals surface area contributed by atoms with Crippen LogP contribution in [-0.2, 0) is 10.0 Å². The van der Waals surface area contributed by atoms with Crippen molar-refractivity contribution in [3.8, 4) is 11.3 Å². The Morgan fingerprint density at radius 1 is 1.08 bits per heavy atom. The summed E-state index contributed by atoms with van der Waals surface area (Å²) in [5, 5.41) is 0. The maximum absolute atomic E-state index is 12.9. The van der Waals surface area contributed by atoms with Crippen molar-refractivity contribution in [3.63, 3.8) is 0 Å². The molecular formula is C16H15N5O2S. The Bertz CT molecular complexity index is 975. The molecule has 3 N–H and O–H groups in total. The molecule has 0 unspecified atom stereocenters. The summed E-state index contributed by atoms with van der Waals surface area (Å²) < 4.78 is 28.4. The van der Waals surface area contributed by atoms with Gasteiger partial charge in [0, 0.05) is 24.2 Å². The van der Waals surface area contributed by atoms with E-state index in [-0.39, 0.29) is 16.3 Å². The maximum atomic E-state index is 12.9. The first-order valence-electron chi connectivity index (χ1n) is 7.07. The fourth-order valence-electron chi connectivity index (χ4n) is 2.26. The average molecular weight is 341 g/mol. The van der Waals surface area contributed by atoms with E-state index in [0.717, 1.165) is 5.56 Å². The number of sulfonamides is 1. The summed E-state index contributed by atoms with van der Waals surface area (Å²) in [6.07, 6.45) is 5.78. The van der Waals surface area contributed by atoms with Crippen LogP contribution in [0.5, 0.6) is 0 Å². The number of anilines is 2. The lowest BCUT2D eigenvalue weighted by atomic mass is 10.2. The van der Waals surface area contributed by atoms with E-state index in [1.54, 1.807) is 12.1 Å². The van der Waals surface area contributed by atoms with Crippen LogP contribution in [-0.4, -0.2) is 23.4 Å². The second kappa shape index (κ2) is 6.25. The van der Waals surface area contributed by atoms with Crippen LogP contribution in [0.3, 0.4) is 0 Å². The topological polar surface area (TPSA) is 111 Å². The number of aromatic nitrogens is 3. The van der Waals surface area contributed by atoms with Crippen LogP contribution in [0.25, 0.3) is 11.3 Å². The van der Waals surface area contributed by atoms with Gasteiger partial charge in [-0.3, -0.25) is 9.71 Å². The third-order valence-corrected chi connectivity index (χ3v) is 4.88. The Balaban J connectivity index is 2.13. The predicted octanol–water partition coefficient (Wildman–Crippen LogP) is 2.23. The van der Waals surface area contributed by atoms with Crippen molar-refractivity contribution in [2.45, 2.75) is 11.8 Å². The van der Waals surface area contributed by atoms with E-state index >= 15 is 0 Å². The summed E-state index contributed by atoms with van der Waals surface area (Å²) in [6, 6.07) is 8.53. The van der Waals surface area contributed by atoms with Gasteiger partial charge >= 0.3 is 0 Å². The Morgan fingerprint density at radius 2 is 1.79 bits per heavy atom. The summed E-state index contributed by atoms with van der Waals surface area (Å²) >= 11 is 0. The SMILES string of the molecule is Cc1ccccc1NS(=O)(=O)c1c(N)ccnc1-c1cncnc1. The van der Waals surface area contributed by atoms with Crippen LogP contribution in [0.2, 0.25) is 0 Å². The Kier molecular flexibility index (Phi) is 4.13. The van der Waals surface area contributed by atoms with Gasteiger partial charge in [-0.1, -0.05) is 18.2 Å². The number of nitrogens with zero attached hydrogens (tertiary/aromatic N) is 3. The molecule has 122 valence electrons. The molecule has 7 nitrogen and oxygen atoms in total. The van der Waals surface area contributed by atoms with Gasteiger partial charge in [0.15, 0.2) is 0 Å². The van der Waals surface area contributed by atoms with Gasteiger partial charge in [0.05, 0.1) is 17.1 Å². The van der Waals surface area contributed by atoms with Crippen molar-refractivity contribution in [1.29, 1.82) is 0 Å². The van der Waals surface area contributed by atoms with Gasteiger partial charge in [0.25, 0.3) is 10.0 Å². The second-order valence-corrected chi connectivity index (χ2v) is 6.74. The first-order valence-corrected chi connectivity index (χ1v) is 8.55. The van der Waals surface area contributed by atoms with Crippen LogP contribution >= 0.6 is 0 Å². The van der Waals surface area contributed by atoms with Crippen LogP contribution in [0, 0.1) is 6.92 Å². The zero-order chi connectivity index (χ0) is 17.2. The number of pyridine rings is 1. The normalized spacial score (nSPS) is 11.2. The molecule has 0 spiro atoms. The molecule has 0 atom stereocenters. The first kappa shape index (κ1) is 15.9. The van der Waals surface area contributed by atoms with Crippen LogP contribution in [0.4, 0.5) is 11.4 Å². The fraction of sp³-hybridized carbons (Fsp3) is 0.0625. The molecule has 1 aromatic carbocycles. The standard InChI is InChI=1S/C16H15N5O2S/c1-11-4-2-3-5-14(11)21-24(22,23)16-13(17)6-7-20-15(16)12-8-18-10-19-9-12/h2-10,21H,1H3,(H2,17,20). The second-order valence-electron chi connectivity index (χ2n) is 5.13. The highest BCUT2D eigenvalue weighted by atomic mass is 32.2. The number of rotatable bonds is 4. The molecule has 0 aliphatic carbocycles. The van der Waals surface area contributed by atoms with Gasteiger partial charge in [0.1, 0.15) is 11.2 Å². The molecule has 8 heteroatoms. The third-order valence-electron chi connectivity index (χ3n) is 3.43. The van der Waals surface area contributed by atoms with Crippen molar-refractivity contribution in [2.75, 3.05) is 10.5 Å². The number of hydrogen-bond donors (Lipinski definition) is 2. The van der Waals surface area contributed by atoms with E-state index in [9.17, 15) is 8.42 Å². The van der Waals surface area contributed by atoms with Crippen molar-refractivity contribution < 1.29 is 8.42 Å². The molecule has 24 heavy (non-hydrogen) atoms. The quantitative estimate of drug-likeness (QED) is 0.753. The van der Waals surface area contributed by atoms with Gasteiger partial charge < -0.3 is 5.73 Å². The zero-order valence-corrected chi connectivity index (χ0v) is 13.7. The van der Waals surface area contributed by atoms with E-state index in [1.165, 1.54) is 31.0 Å². The maximum Gasteiger partial charge on any atom is 0.266 e. The highest BCUT2D eigenvalue weighted by Crippen LogP contribution is 2.30.